The highest BCUT2D eigenvalue weighted by Crippen LogP contribution is 2.18. The standard InChI is InChI=1S/C8H12BrNO7/c9-1-2(11)10-7(15)6-4(13)3(12)5(14)8(16)17-6/h3-7,12-15H,1H2,(H,10,11)/t3-,4-,5+,6-,7?/m1/s1. The number of hydrogen-bond acceptors (Lipinski definition) is 7. The highest BCUT2D eigenvalue weighted by molar-refractivity contribution is 9.09. The molecule has 17 heavy (non-hydrogen) atoms. The first-order valence-electron chi connectivity index (χ1n) is 4.66. The van der Waals surface area contributed by atoms with Crippen molar-refractivity contribution >= 4 is 27.8 Å². The van der Waals surface area contributed by atoms with E-state index < -0.39 is 42.5 Å². The van der Waals surface area contributed by atoms with Crippen LogP contribution in [0.2, 0.25) is 0 Å². The molecule has 5 N–H and O–H groups in total. The number of carbonyl (C=O) groups excluding carboxylic acids is 2. The van der Waals surface area contributed by atoms with Crippen molar-refractivity contribution in [1.29, 1.82) is 0 Å². The van der Waals surface area contributed by atoms with Gasteiger partial charge in [-0.1, -0.05) is 15.9 Å². The molecule has 0 aromatic rings. The number of amides is 1. The van der Waals surface area contributed by atoms with Gasteiger partial charge >= 0.3 is 5.97 Å². The molecule has 1 heterocycles. The molecular formula is C8H12BrNO7. The lowest BCUT2D eigenvalue weighted by atomic mass is 9.98. The van der Waals surface area contributed by atoms with E-state index in [-0.39, 0.29) is 5.33 Å². The lowest BCUT2D eigenvalue weighted by Crippen LogP contribution is -2.62. The molecule has 9 heteroatoms. The summed E-state index contributed by atoms with van der Waals surface area (Å²) in [5.74, 6) is -1.78. The van der Waals surface area contributed by atoms with Gasteiger partial charge < -0.3 is 30.5 Å². The van der Waals surface area contributed by atoms with E-state index in [1.165, 1.54) is 0 Å². The minimum Gasteiger partial charge on any atom is -0.453 e. The third-order valence-corrected chi connectivity index (χ3v) is 2.75. The average Bonchev–Trinajstić information content (AvgIpc) is 2.30. The highest BCUT2D eigenvalue weighted by atomic mass is 79.9. The first-order chi connectivity index (χ1) is 7.88. The molecule has 5 atom stereocenters. The molecule has 0 aliphatic carbocycles. The molecule has 0 saturated carbocycles. The number of hydrogen-bond donors (Lipinski definition) is 5. The van der Waals surface area contributed by atoms with Gasteiger partial charge in [0.25, 0.3) is 0 Å². The smallest absolute Gasteiger partial charge is 0.338 e. The molecule has 0 radical (unpaired) electrons. The molecule has 1 rings (SSSR count). The summed E-state index contributed by atoms with van der Waals surface area (Å²) in [5.41, 5.74) is 0. The van der Waals surface area contributed by atoms with Crippen molar-refractivity contribution in [2.75, 3.05) is 5.33 Å². The number of carbonyl (C=O) groups is 2. The minimum atomic E-state index is -1.87. The van der Waals surface area contributed by atoms with E-state index in [2.05, 4.69) is 20.7 Å². The Morgan fingerprint density at radius 3 is 2.53 bits per heavy atom. The quantitative estimate of drug-likeness (QED) is 0.210. The van der Waals surface area contributed by atoms with Crippen molar-refractivity contribution in [2.24, 2.45) is 0 Å². The molecule has 0 bridgehead atoms. The topological polar surface area (TPSA) is 136 Å². The molecule has 1 aliphatic rings. The average molecular weight is 314 g/mol. The van der Waals surface area contributed by atoms with Gasteiger partial charge in [0.2, 0.25) is 5.91 Å². The van der Waals surface area contributed by atoms with Crippen LogP contribution < -0.4 is 5.32 Å². The maximum absolute atomic E-state index is 11.0. The maximum Gasteiger partial charge on any atom is 0.338 e. The molecule has 1 saturated heterocycles. The third kappa shape index (κ3) is 3.13. The molecular weight excluding hydrogens is 302 g/mol. The summed E-state index contributed by atoms with van der Waals surface area (Å²) >= 11 is 2.83. The van der Waals surface area contributed by atoms with E-state index in [9.17, 15) is 24.9 Å². The number of cyclic esters (lactones) is 1. The fourth-order valence-electron chi connectivity index (χ4n) is 1.33. The summed E-state index contributed by atoms with van der Waals surface area (Å²) in [4.78, 5) is 22.0. The van der Waals surface area contributed by atoms with Crippen molar-refractivity contribution in [1.82, 2.24) is 5.32 Å². The highest BCUT2D eigenvalue weighted by Gasteiger charge is 2.46. The zero-order valence-electron chi connectivity index (χ0n) is 8.49. The van der Waals surface area contributed by atoms with Crippen LogP contribution in [0.15, 0.2) is 0 Å². The Labute approximate surface area is 104 Å². The number of rotatable bonds is 3. The van der Waals surface area contributed by atoms with Crippen molar-refractivity contribution in [3.63, 3.8) is 0 Å². The van der Waals surface area contributed by atoms with E-state index in [0.717, 1.165) is 0 Å². The number of aliphatic hydroxyl groups is 4. The second-order valence-corrected chi connectivity index (χ2v) is 4.03. The normalized spacial score (nSPS) is 35.0. The second-order valence-electron chi connectivity index (χ2n) is 3.47. The second kappa shape index (κ2) is 5.74. The molecule has 1 fully saturated rings. The van der Waals surface area contributed by atoms with Gasteiger partial charge in [-0.2, -0.15) is 0 Å². The van der Waals surface area contributed by atoms with E-state index in [4.69, 9.17) is 5.11 Å². The summed E-state index contributed by atoms with van der Waals surface area (Å²) < 4.78 is 4.51. The number of halogens is 1. The molecule has 98 valence electrons. The van der Waals surface area contributed by atoms with Crippen LogP contribution in [0.25, 0.3) is 0 Å². The summed E-state index contributed by atoms with van der Waals surface area (Å²) in [6.45, 7) is 0. The Morgan fingerprint density at radius 1 is 1.41 bits per heavy atom. The van der Waals surface area contributed by atoms with Gasteiger partial charge in [-0.3, -0.25) is 4.79 Å². The SMILES string of the molecule is O=C(CBr)NC(O)[C@@H]1OC(=O)[C@@H](O)[C@H](O)[C@H]1O. The summed E-state index contributed by atoms with van der Waals surface area (Å²) in [5, 5.41) is 39.3. The fourth-order valence-corrected chi connectivity index (χ4v) is 1.49. The van der Waals surface area contributed by atoms with Gasteiger partial charge in [0, 0.05) is 0 Å². The number of alkyl halides is 1. The molecule has 0 aromatic carbocycles. The van der Waals surface area contributed by atoms with E-state index in [1.54, 1.807) is 0 Å². The summed E-state index contributed by atoms with van der Waals surface area (Å²) in [6.07, 6.45) is -8.57. The van der Waals surface area contributed by atoms with Crippen molar-refractivity contribution < 1.29 is 34.8 Å². The Balaban J connectivity index is 2.70. The van der Waals surface area contributed by atoms with Gasteiger partial charge in [-0.25, -0.2) is 4.79 Å². The van der Waals surface area contributed by atoms with Crippen LogP contribution >= 0.6 is 15.9 Å². The fraction of sp³-hybridized carbons (Fsp3) is 0.750. The van der Waals surface area contributed by atoms with Crippen LogP contribution in [0.1, 0.15) is 0 Å². The summed E-state index contributed by atoms with van der Waals surface area (Å²) in [6, 6.07) is 0. The van der Waals surface area contributed by atoms with Crippen LogP contribution in [0.3, 0.4) is 0 Å². The maximum atomic E-state index is 11.0. The molecule has 0 spiro atoms. The van der Waals surface area contributed by atoms with E-state index in [1.807, 2.05) is 5.32 Å². The third-order valence-electron chi connectivity index (χ3n) is 2.25. The van der Waals surface area contributed by atoms with Gasteiger partial charge in [0.05, 0.1) is 5.33 Å². The van der Waals surface area contributed by atoms with Crippen molar-refractivity contribution in [3.8, 4) is 0 Å². The largest absolute Gasteiger partial charge is 0.453 e. The Kier molecular flexibility index (Phi) is 4.83. The first-order valence-corrected chi connectivity index (χ1v) is 5.78. The monoisotopic (exact) mass is 313 g/mol. The van der Waals surface area contributed by atoms with Gasteiger partial charge in [0.15, 0.2) is 18.4 Å². The lowest BCUT2D eigenvalue weighted by molar-refractivity contribution is -0.217. The molecule has 1 unspecified atom stereocenters. The van der Waals surface area contributed by atoms with Crippen LogP contribution in [0.5, 0.6) is 0 Å². The zero-order chi connectivity index (χ0) is 13.2. The van der Waals surface area contributed by atoms with Gasteiger partial charge in [0.1, 0.15) is 12.2 Å². The van der Waals surface area contributed by atoms with Crippen LogP contribution in [-0.4, -0.2) is 68.3 Å². The lowest BCUT2D eigenvalue weighted by Gasteiger charge is -2.36. The van der Waals surface area contributed by atoms with E-state index >= 15 is 0 Å². The molecule has 1 amide bonds. The number of nitrogens with one attached hydrogen (secondary N) is 1. The number of esters is 1. The zero-order valence-corrected chi connectivity index (χ0v) is 10.1. The number of ether oxygens (including phenoxy) is 1. The predicted octanol–water partition coefficient (Wildman–Crippen LogP) is -3.18. The minimum absolute atomic E-state index is 0.0913. The molecule has 0 aromatic heterocycles. The molecule has 8 nitrogen and oxygen atoms in total. The Bertz CT molecular complexity index is 312. The van der Waals surface area contributed by atoms with Gasteiger partial charge in [-0.15, -0.1) is 0 Å². The number of aliphatic hydroxyl groups excluding tert-OH is 4. The van der Waals surface area contributed by atoms with Crippen LogP contribution in [0, 0.1) is 0 Å². The molecule has 1 aliphatic heterocycles. The van der Waals surface area contributed by atoms with Crippen molar-refractivity contribution in [3.05, 3.63) is 0 Å². The van der Waals surface area contributed by atoms with Gasteiger partial charge in [-0.05, 0) is 0 Å². The van der Waals surface area contributed by atoms with E-state index in [0.29, 0.717) is 0 Å². The Hall–Kier alpha value is -0.740. The summed E-state index contributed by atoms with van der Waals surface area (Å²) in [7, 11) is 0. The Morgan fingerprint density at radius 2 is 2.00 bits per heavy atom. The van der Waals surface area contributed by atoms with Crippen molar-refractivity contribution in [2.45, 2.75) is 30.6 Å². The van der Waals surface area contributed by atoms with Crippen LogP contribution in [0.4, 0.5) is 0 Å². The first kappa shape index (κ1) is 14.3. The van der Waals surface area contributed by atoms with Crippen LogP contribution in [-0.2, 0) is 14.3 Å². The predicted molar refractivity (Wildman–Crippen MR) is 55.8 cm³/mol.